The summed E-state index contributed by atoms with van der Waals surface area (Å²) in [7, 11) is 0. The fourth-order valence-electron chi connectivity index (χ4n) is 2.36. The quantitative estimate of drug-likeness (QED) is 0.779. The van der Waals surface area contributed by atoms with Crippen LogP contribution in [-0.4, -0.2) is 18.4 Å². The lowest BCUT2D eigenvalue weighted by atomic mass is 9.87. The molecule has 2 rings (SSSR count). The third-order valence-corrected chi connectivity index (χ3v) is 3.83. The van der Waals surface area contributed by atoms with Crippen LogP contribution >= 0.6 is 0 Å². The summed E-state index contributed by atoms with van der Waals surface area (Å²) in [5, 5.41) is 5.61. The SMILES string of the molecule is CC(C)(C)c1ccc(C(=O)Nc2ccccc2NC(=O)CCN)cc1. The Hall–Kier alpha value is -2.66. The molecule has 0 bridgehead atoms. The van der Waals surface area contributed by atoms with Crippen molar-refractivity contribution < 1.29 is 9.59 Å². The summed E-state index contributed by atoms with van der Waals surface area (Å²) < 4.78 is 0. The van der Waals surface area contributed by atoms with Gasteiger partial charge in [0.05, 0.1) is 11.4 Å². The second kappa shape index (κ2) is 7.94. The van der Waals surface area contributed by atoms with E-state index >= 15 is 0 Å². The fraction of sp³-hybridized carbons (Fsp3) is 0.300. The maximum Gasteiger partial charge on any atom is 0.255 e. The first kappa shape index (κ1) is 18.7. The summed E-state index contributed by atoms with van der Waals surface area (Å²) in [4.78, 5) is 24.2. The van der Waals surface area contributed by atoms with Gasteiger partial charge in [0, 0.05) is 18.5 Å². The van der Waals surface area contributed by atoms with Gasteiger partial charge in [-0.1, -0.05) is 45.0 Å². The molecule has 2 amide bonds. The Bertz CT molecular complexity index is 746. The van der Waals surface area contributed by atoms with E-state index in [4.69, 9.17) is 5.73 Å². The minimum absolute atomic E-state index is 0.0366. The van der Waals surface area contributed by atoms with Crippen LogP contribution in [0, 0.1) is 0 Å². The molecule has 0 aromatic heterocycles. The molecule has 0 heterocycles. The molecule has 2 aromatic rings. The van der Waals surface area contributed by atoms with Gasteiger partial charge in [0.15, 0.2) is 0 Å². The lowest BCUT2D eigenvalue weighted by Gasteiger charge is -2.19. The van der Waals surface area contributed by atoms with Gasteiger partial charge in [-0.2, -0.15) is 0 Å². The molecule has 5 nitrogen and oxygen atoms in total. The van der Waals surface area contributed by atoms with E-state index in [2.05, 4.69) is 31.4 Å². The van der Waals surface area contributed by atoms with Crippen LogP contribution in [0.15, 0.2) is 48.5 Å². The molecule has 0 aliphatic heterocycles. The summed E-state index contributed by atoms with van der Waals surface area (Å²) >= 11 is 0. The number of carbonyl (C=O) groups excluding carboxylic acids is 2. The average Bonchev–Trinajstić information content (AvgIpc) is 2.56. The number of para-hydroxylation sites is 2. The molecule has 0 aliphatic carbocycles. The second-order valence-corrected chi connectivity index (χ2v) is 6.91. The van der Waals surface area contributed by atoms with Gasteiger partial charge < -0.3 is 16.4 Å². The molecule has 0 unspecified atom stereocenters. The van der Waals surface area contributed by atoms with Gasteiger partial charge in [-0.3, -0.25) is 9.59 Å². The highest BCUT2D eigenvalue weighted by molar-refractivity contribution is 6.07. The molecule has 132 valence electrons. The minimum Gasteiger partial charge on any atom is -0.330 e. The van der Waals surface area contributed by atoms with E-state index in [0.717, 1.165) is 0 Å². The van der Waals surface area contributed by atoms with Gasteiger partial charge in [-0.15, -0.1) is 0 Å². The van der Waals surface area contributed by atoms with E-state index in [-0.39, 0.29) is 30.2 Å². The predicted octanol–water partition coefficient (Wildman–Crippen LogP) is 3.52. The molecular formula is C20H25N3O2. The van der Waals surface area contributed by atoms with Gasteiger partial charge in [0.25, 0.3) is 5.91 Å². The monoisotopic (exact) mass is 339 g/mol. The zero-order chi connectivity index (χ0) is 18.4. The van der Waals surface area contributed by atoms with Gasteiger partial charge >= 0.3 is 0 Å². The Balaban J connectivity index is 2.14. The highest BCUT2D eigenvalue weighted by Gasteiger charge is 2.15. The van der Waals surface area contributed by atoms with E-state index < -0.39 is 0 Å². The van der Waals surface area contributed by atoms with Gasteiger partial charge in [0.2, 0.25) is 5.91 Å². The van der Waals surface area contributed by atoms with Gasteiger partial charge in [-0.25, -0.2) is 0 Å². The molecular weight excluding hydrogens is 314 g/mol. The number of amides is 2. The molecule has 0 saturated heterocycles. The van der Waals surface area contributed by atoms with Crippen molar-refractivity contribution in [3.8, 4) is 0 Å². The lowest BCUT2D eigenvalue weighted by molar-refractivity contribution is -0.116. The molecule has 0 spiro atoms. The van der Waals surface area contributed by atoms with Crippen LogP contribution < -0.4 is 16.4 Å². The van der Waals surface area contributed by atoms with Gasteiger partial charge in [0.1, 0.15) is 0 Å². The smallest absolute Gasteiger partial charge is 0.255 e. The van der Waals surface area contributed by atoms with Crippen LogP contribution in [0.1, 0.15) is 43.1 Å². The number of carbonyl (C=O) groups is 2. The van der Waals surface area contributed by atoms with Crippen molar-refractivity contribution in [2.45, 2.75) is 32.6 Å². The van der Waals surface area contributed by atoms with Crippen molar-refractivity contribution in [1.29, 1.82) is 0 Å². The molecule has 0 fully saturated rings. The Morgan fingerprint density at radius 2 is 1.48 bits per heavy atom. The third-order valence-electron chi connectivity index (χ3n) is 3.83. The topological polar surface area (TPSA) is 84.2 Å². The van der Waals surface area contributed by atoms with Gasteiger partial charge in [-0.05, 0) is 35.2 Å². The van der Waals surface area contributed by atoms with Crippen LogP contribution in [0.5, 0.6) is 0 Å². The zero-order valence-electron chi connectivity index (χ0n) is 14.9. The zero-order valence-corrected chi connectivity index (χ0v) is 14.9. The average molecular weight is 339 g/mol. The third kappa shape index (κ3) is 5.16. The summed E-state index contributed by atoms with van der Waals surface area (Å²) in [6.45, 7) is 6.66. The summed E-state index contributed by atoms with van der Waals surface area (Å²) in [6, 6.07) is 14.6. The Kier molecular flexibility index (Phi) is 5.93. The minimum atomic E-state index is -0.221. The van der Waals surface area contributed by atoms with E-state index in [0.29, 0.717) is 16.9 Å². The maximum absolute atomic E-state index is 12.5. The summed E-state index contributed by atoms with van der Waals surface area (Å²) in [6.07, 6.45) is 0.233. The highest BCUT2D eigenvalue weighted by atomic mass is 16.2. The largest absolute Gasteiger partial charge is 0.330 e. The number of anilines is 2. The van der Waals surface area contributed by atoms with Crippen molar-refractivity contribution >= 4 is 23.2 Å². The Labute approximate surface area is 148 Å². The van der Waals surface area contributed by atoms with Crippen molar-refractivity contribution in [2.75, 3.05) is 17.2 Å². The van der Waals surface area contributed by atoms with Crippen LogP contribution in [-0.2, 0) is 10.2 Å². The second-order valence-electron chi connectivity index (χ2n) is 6.91. The number of rotatable bonds is 5. The first-order valence-corrected chi connectivity index (χ1v) is 8.32. The van der Waals surface area contributed by atoms with E-state index in [1.54, 1.807) is 24.3 Å². The highest BCUT2D eigenvalue weighted by Crippen LogP contribution is 2.24. The van der Waals surface area contributed by atoms with Crippen LogP contribution in [0.2, 0.25) is 0 Å². The Morgan fingerprint density at radius 3 is 2.00 bits per heavy atom. The van der Waals surface area contributed by atoms with Crippen molar-refractivity contribution in [1.82, 2.24) is 0 Å². The van der Waals surface area contributed by atoms with Crippen molar-refractivity contribution in [3.05, 3.63) is 59.7 Å². The predicted molar refractivity (Wildman–Crippen MR) is 102 cm³/mol. The molecule has 2 aromatic carbocycles. The van der Waals surface area contributed by atoms with E-state index in [1.807, 2.05) is 24.3 Å². The van der Waals surface area contributed by atoms with Crippen molar-refractivity contribution in [3.63, 3.8) is 0 Å². The first-order valence-electron chi connectivity index (χ1n) is 8.32. The standard InChI is InChI=1S/C20H25N3O2/c1-20(2,3)15-10-8-14(9-11-15)19(25)23-17-7-5-4-6-16(17)22-18(24)12-13-21/h4-11H,12-13,21H2,1-3H3,(H,22,24)(H,23,25). The van der Waals surface area contributed by atoms with Crippen molar-refractivity contribution in [2.24, 2.45) is 5.73 Å². The number of hydrogen-bond donors (Lipinski definition) is 3. The molecule has 5 heteroatoms. The number of benzene rings is 2. The summed E-state index contributed by atoms with van der Waals surface area (Å²) in [5.74, 6) is -0.403. The molecule has 0 atom stereocenters. The Morgan fingerprint density at radius 1 is 0.920 bits per heavy atom. The molecule has 25 heavy (non-hydrogen) atoms. The van der Waals surface area contributed by atoms with E-state index in [9.17, 15) is 9.59 Å². The molecule has 4 N–H and O–H groups in total. The van der Waals surface area contributed by atoms with Crippen LogP contribution in [0.25, 0.3) is 0 Å². The van der Waals surface area contributed by atoms with E-state index in [1.165, 1.54) is 5.56 Å². The number of hydrogen-bond acceptors (Lipinski definition) is 3. The summed E-state index contributed by atoms with van der Waals surface area (Å²) in [5.41, 5.74) is 8.27. The molecule has 0 aliphatic rings. The molecule has 0 radical (unpaired) electrons. The lowest BCUT2D eigenvalue weighted by Crippen LogP contribution is -2.19. The molecule has 0 saturated carbocycles. The normalized spacial score (nSPS) is 11.0. The van der Waals surface area contributed by atoms with Crippen LogP contribution in [0.3, 0.4) is 0 Å². The number of nitrogens with one attached hydrogen (secondary N) is 2. The maximum atomic E-state index is 12.5. The number of nitrogens with two attached hydrogens (primary N) is 1. The van der Waals surface area contributed by atoms with Crippen LogP contribution in [0.4, 0.5) is 11.4 Å². The fourth-order valence-corrected chi connectivity index (χ4v) is 2.36. The first-order chi connectivity index (χ1) is 11.8.